The van der Waals surface area contributed by atoms with E-state index in [2.05, 4.69) is 25.9 Å². The van der Waals surface area contributed by atoms with Crippen LogP contribution in [-0.2, 0) is 30.9 Å². The van der Waals surface area contributed by atoms with E-state index in [9.17, 15) is 0 Å². The minimum Gasteiger partial charge on any atom is -0.370 e. The highest BCUT2D eigenvalue weighted by molar-refractivity contribution is 7.09. The van der Waals surface area contributed by atoms with E-state index < -0.39 is 0 Å². The molecule has 3 aromatic rings. The summed E-state index contributed by atoms with van der Waals surface area (Å²) in [7, 11) is 0. The molecule has 0 fully saturated rings. The molecule has 0 saturated carbocycles. The van der Waals surface area contributed by atoms with Crippen LogP contribution in [0.2, 0.25) is 0 Å². The van der Waals surface area contributed by atoms with E-state index in [0.717, 1.165) is 30.3 Å². The van der Waals surface area contributed by atoms with Gasteiger partial charge in [0.2, 0.25) is 0 Å². The maximum absolute atomic E-state index is 5.82. The van der Waals surface area contributed by atoms with Gasteiger partial charge in [0.1, 0.15) is 10.8 Å². The Hall–Kier alpha value is -2.31. The zero-order valence-electron chi connectivity index (χ0n) is 13.3. The van der Waals surface area contributed by atoms with Crippen LogP contribution in [0.25, 0.3) is 0 Å². The summed E-state index contributed by atoms with van der Waals surface area (Å²) in [5.41, 5.74) is 3.82. The van der Waals surface area contributed by atoms with Crippen molar-refractivity contribution in [3.63, 3.8) is 0 Å². The number of anilines is 1. The summed E-state index contributed by atoms with van der Waals surface area (Å²) in [6.07, 6.45) is 8.53. The van der Waals surface area contributed by atoms with E-state index in [4.69, 9.17) is 4.74 Å². The smallest absolute Gasteiger partial charge is 0.128 e. The lowest BCUT2D eigenvalue weighted by molar-refractivity contribution is 0.106. The predicted molar refractivity (Wildman–Crippen MR) is 93.8 cm³/mol. The van der Waals surface area contributed by atoms with Crippen LogP contribution in [0.4, 0.5) is 5.82 Å². The Morgan fingerprint density at radius 3 is 2.96 bits per heavy atom. The van der Waals surface area contributed by atoms with Crippen molar-refractivity contribution in [2.75, 3.05) is 11.4 Å². The summed E-state index contributed by atoms with van der Waals surface area (Å²) in [6, 6.07) is 6.03. The second-order valence-electron chi connectivity index (χ2n) is 5.71. The van der Waals surface area contributed by atoms with Gasteiger partial charge in [0.15, 0.2) is 0 Å². The summed E-state index contributed by atoms with van der Waals surface area (Å²) in [4.78, 5) is 15.4. The fraction of sp³-hybridized carbons (Fsp3) is 0.278. The Kier molecular flexibility index (Phi) is 4.49. The maximum atomic E-state index is 5.82. The van der Waals surface area contributed by atoms with Gasteiger partial charge in [0.25, 0.3) is 0 Å². The molecular weight excluding hydrogens is 320 g/mol. The first-order valence-corrected chi connectivity index (χ1v) is 8.85. The minimum atomic E-state index is 0.557. The average Bonchev–Trinajstić information content (AvgIpc) is 3.16. The zero-order chi connectivity index (χ0) is 16.2. The van der Waals surface area contributed by atoms with Gasteiger partial charge in [-0.25, -0.2) is 9.97 Å². The van der Waals surface area contributed by atoms with Crippen LogP contribution in [0.5, 0.6) is 0 Å². The molecule has 6 heteroatoms. The molecule has 5 nitrogen and oxygen atoms in total. The van der Waals surface area contributed by atoms with Crippen molar-refractivity contribution in [1.29, 1.82) is 0 Å². The molecule has 4 rings (SSSR count). The summed E-state index contributed by atoms with van der Waals surface area (Å²) < 4.78 is 5.82. The zero-order valence-corrected chi connectivity index (χ0v) is 14.1. The number of ether oxygens (including phenoxy) is 1. The van der Waals surface area contributed by atoms with Crippen molar-refractivity contribution in [2.24, 2.45) is 0 Å². The highest BCUT2D eigenvalue weighted by atomic mass is 32.1. The summed E-state index contributed by atoms with van der Waals surface area (Å²) >= 11 is 1.62. The van der Waals surface area contributed by atoms with E-state index in [-0.39, 0.29) is 0 Å². The molecule has 1 aliphatic rings. The Labute approximate surface area is 145 Å². The molecule has 1 aliphatic heterocycles. The topological polar surface area (TPSA) is 51.1 Å². The van der Waals surface area contributed by atoms with Gasteiger partial charge >= 0.3 is 0 Å². The highest BCUT2D eigenvalue weighted by Crippen LogP contribution is 2.25. The molecule has 0 unspecified atom stereocenters. The number of pyridine rings is 2. The standard InChI is InChI=1S/C18H18N4OS/c1-2-5-20-17(3-1)22-7-4-16-14(11-22)9-19-10-15(16)12-23-13-18-21-6-8-24-18/h1-3,5-6,8-10H,4,7,11-13H2. The molecule has 122 valence electrons. The van der Waals surface area contributed by atoms with Gasteiger partial charge in [-0.15, -0.1) is 11.3 Å². The SMILES string of the molecule is c1ccc(N2CCc3c(COCc4nccs4)cncc3C2)nc1. The Bertz CT molecular complexity index is 792. The van der Waals surface area contributed by atoms with Crippen LogP contribution in [0.1, 0.15) is 21.7 Å². The van der Waals surface area contributed by atoms with Crippen LogP contribution in [0.3, 0.4) is 0 Å². The lowest BCUT2D eigenvalue weighted by atomic mass is 9.97. The number of hydrogen-bond donors (Lipinski definition) is 0. The molecule has 0 saturated heterocycles. The van der Waals surface area contributed by atoms with Crippen LogP contribution < -0.4 is 4.90 Å². The van der Waals surface area contributed by atoms with Crippen LogP contribution >= 0.6 is 11.3 Å². The number of hydrogen-bond acceptors (Lipinski definition) is 6. The molecule has 0 amide bonds. The summed E-state index contributed by atoms with van der Waals surface area (Å²) in [5.74, 6) is 1.02. The van der Waals surface area contributed by atoms with Gasteiger partial charge in [-0.3, -0.25) is 4.98 Å². The van der Waals surface area contributed by atoms with Crippen molar-refractivity contribution >= 4 is 17.2 Å². The average molecular weight is 338 g/mol. The van der Waals surface area contributed by atoms with Gasteiger partial charge in [-0.1, -0.05) is 6.07 Å². The number of aromatic nitrogens is 3. The second kappa shape index (κ2) is 7.07. The summed E-state index contributed by atoms with van der Waals surface area (Å²) in [6.45, 7) is 2.95. The van der Waals surface area contributed by atoms with E-state index in [0.29, 0.717) is 13.2 Å². The minimum absolute atomic E-state index is 0.557. The molecule has 0 N–H and O–H groups in total. The second-order valence-corrected chi connectivity index (χ2v) is 6.69. The van der Waals surface area contributed by atoms with Gasteiger partial charge in [0.05, 0.1) is 13.2 Å². The number of rotatable bonds is 5. The Morgan fingerprint density at radius 1 is 1.12 bits per heavy atom. The van der Waals surface area contributed by atoms with Crippen molar-refractivity contribution in [3.8, 4) is 0 Å². The molecule has 0 spiro atoms. The molecule has 0 bridgehead atoms. The first kappa shape index (κ1) is 15.2. The van der Waals surface area contributed by atoms with Crippen LogP contribution in [0, 0.1) is 0 Å². The molecule has 0 aliphatic carbocycles. The quantitative estimate of drug-likeness (QED) is 0.715. The third-order valence-electron chi connectivity index (χ3n) is 4.17. The van der Waals surface area contributed by atoms with Crippen molar-refractivity contribution in [1.82, 2.24) is 15.0 Å². The fourth-order valence-corrected chi connectivity index (χ4v) is 3.55. The van der Waals surface area contributed by atoms with Crippen molar-refractivity contribution < 1.29 is 4.74 Å². The van der Waals surface area contributed by atoms with E-state index in [1.54, 1.807) is 11.3 Å². The first-order valence-electron chi connectivity index (χ1n) is 7.97. The van der Waals surface area contributed by atoms with Crippen LogP contribution in [0.15, 0.2) is 48.4 Å². The van der Waals surface area contributed by atoms with Gasteiger partial charge in [-0.05, 0) is 35.2 Å². The van der Waals surface area contributed by atoms with Gasteiger partial charge in [0, 0.05) is 43.3 Å². The molecule has 0 atom stereocenters. The third kappa shape index (κ3) is 3.29. The molecule has 24 heavy (non-hydrogen) atoms. The molecule has 3 aromatic heterocycles. The molecule has 4 heterocycles. The molecule has 0 aromatic carbocycles. The van der Waals surface area contributed by atoms with Crippen molar-refractivity contribution in [3.05, 3.63) is 70.1 Å². The van der Waals surface area contributed by atoms with Crippen LogP contribution in [-0.4, -0.2) is 21.5 Å². The number of thiazole rings is 1. The van der Waals surface area contributed by atoms with Gasteiger partial charge < -0.3 is 9.64 Å². The van der Waals surface area contributed by atoms with Crippen molar-refractivity contribution in [2.45, 2.75) is 26.2 Å². The monoisotopic (exact) mass is 338 g/mol. The lowest BCUT2D eigenvalue weighted by Crippen LogP contribution is -2.31. The number of fused-ring (bicyclic) bond motifs is 1. The maximum Gasteiger partial charge on any atom is 0.128 e. The lowest BCUT2D eigenvalue weighted by Gasteiger charge is -2.30. The molecular formula is C18H18N4OS. The fourth-order valence-electron chi connectivity index (χ4n) is 3.00. The van der Waals surface area contributed by atoms with Gasteiger partial charge in [-0.2, -0.15) is 0 Å². The predicted octanol–water partition coefficient (Wildman–Crippen LogP) is 3.21. The normalized spacial score (nSPS) is 13.8. The Morgan fingerprint density at radius 2 is 2.12 bits per heavy atom. The largest absolute Gasteiger partial charge is 0.370 e. The third-order valence-corrected chi connectivity index (χ3v) is 4.92. The molecule has 0 radical (unpaired) electrons. The van der Waals surface area contributed by atoms with E-state index >= 15 is 0 Å². The highest BCUT2D eigenvalue weighted by Gasteiger charge is 2.20. The Balaban J connectivity index is 1.45. The first-order chi connectivity index (χ1) is 11.9. The van der Waals surface area contributed by atoms with E-state index in [1.807, 2.05) is 42.3 Å². The summed E-state index contributed by atoms with van der Waals surface area (Å²) in [5, 5.41) is 2.98. The number of nitrogens with zero attached hydrogens (tertiary/aromatic N) is 4. The van der Waals surface area contributed by atoms with E-state index in [1.165, 1.54) is 16.7 Å².